The topological polar surface area (TPSA) is 97.4 Å². The van der Waals surface area contributed by atoms with Crippen LogP contribution in [0.25, 0.3) is 0 Å². The standard InChI is InChI=1S/C38H71O8PSi2/c1-16-27(4)36(40)44-34-25-31(45-48(12,13)37(6,7)8)23-29-20-19-28(5)33(35(29)34)22-21-30(39)24-32(46-49(14,15)38(9,10)11)26-47(41,42-17-2)43-18-3/h19-20,23,27-28,31-35H,16-18,21-22,24-26H2,1-15H3/t27-,28-,31+,32+,33-,34-,35-/m0/s1. The number of Topliss-reactive ketones (excluding diaryl/α,β-unsaturated/α-hetero) is 1. The molecule has 0 saturated carbocycles. The first-order valence-corrected chi connectivity index (χ1v) is 26.3. The van der Waals surface area contributed by atoms with Crippen molar-refractivity contribution in [2.24, 2.45) is 23.7 Å². The van der Waals surface area contributed by atoms with Crippen LogP contribution in [0.4, 0.5) is 0 Å². The number of ether oxygens (including phenoxy) is 1. The number of rotatable bonds is 18. The Labute approximate surface area is 301 Å². The first-order chi connectivity index (χ1) is 22.4. The molecular weight excluding hydrogens is 672 g/mol. The number of allylic oxidation sites excluding steroid dienone is 2. The second kappa shape index (κ2) is 17.8. The molecule has 0 spiro atoms. The maximum Gasteiger partial charge on any atom is 0.333 e. The SMILES string of the molecule is CCOP(=O)(C[C@@H](CC(=O)CC[C@@H]1[C@@H]2C(=C[C@@H](O[Si](C)(C)C(C)(C)C)C[C@@H]2OC(=O)[C@@H](C)CC)C=C[C@@H]1C)O[Si](C)(C)C(C)(C)C)OCC. The minimum Gasteiger partial charge on any atom is -0.461 e. The van der Waals surface area contributed by atoms with Gasteiger partial charge in [0.15, 0.2) is 16.6 Å². The average molecular weight is 743 g/mol. The van der Waals surface area contributed by atoms with Gasteiger partial charge in [0.25, 0.3) is 0 Å². The summed E-state index contributed by atoms with van der Waals surface area (Å²) in [7, 11) is -7.82. The summed E-state index contributed by atoms with van der Waals surface area (Å²) in [6.45, 7) is 32.2. The minimum atomic E-state index is -3.44. The fourth-order valence-electron chi connectivity index (χ4n) is 6.25. The molecule has 0 radical (unpaired) electrons. The molecule has 284 valence electrons. The highest BCUT2D eigenvalue weighted by Gasteiger charge is 2.46. The predicted molar refractivity (Wildman–Crippen MR) is 206 cm³/mol. The summed E-state index contributed by atoms with van der Waals surface area (Å²) in [5, 5.41) is -0.0345. The van der Waals surface area contributed by atoms with Crippen molar-refractivity contribution < 1.29 is 36.8 Å². The van der Waals surface area contributed by atoms with E-state index in [2.05, 4.69) is 92.9 Å². The van der Waals surface area contributed by atoms with E-state index in [1.54, 1.807) is 13.8 Å². The molecule has 0 unspecified atom stereocenters. The van der Waals surface area contributed by atoms with Gasteiger partial charge in [-0.05, 0) is 80.4 Å². The second-order valence-corrected chi connectivity index (χ2v) is 29.0. The van der Waals surface area contributed by atoms with E-state index in [0.717, 1.165) is 5.57 Å². The van der Waals surface area contributed by atoms with Crippen LogP contribution in [0, 0.1) is 23.7 Å². The normalized spacial score (nSPS) is 25.0. The zero-order valence-electron chi connectivity index (χ0n) is 33.6. The van der Waals surface area contributed by atoms with Crippen LogP contribution in [-0.2, 0) is 36.8 Å². The van der Waals surface area contributed by atoms with Gasteiger partial charge in [0, 0.05) is 25.2 Å². The molecular formula is C38H71O8PSi2. The summed E-state index contributed by atoms with van der Waals surface area (Å²) in [6, 6.07) is 0. The van der Waals surface area contributed by atoms with Crippen LogP contribution in [-0.4, -0.2) is 66.1 Å². The van der Waals surface area contributed by atoms with E-state index in [1.807, 2.05) is 13.8 Å². The monoisotopic (exact) mass is 742 g/mol. The smallest absolute Gasteiger partial charge is 0.333 e. The number of carbonyl (C=O) groups is 2. The fraction of sp³-hybridized carbons (Fsp3) is 0.842. The molecule has 0 aromatic heterocycles. The number of hydrogen-bond acceptors (Lipinski definition) is 8. The zero-order valence-corrected chi connectivity index (χ0v) is 36.5. The van der Waals surface area contributed by atoms with Gasteiger partial charge in [-0.3, -0.25) is 14.2 Å². The molecule has 0 aliphatic heterocycles. The van der Waals surface area contributed by atoms with Crippen LogP contribution < -0.4 is 0 Å². The lowest BCUT2D eigenvalue weighted by atomic mass is 9.66. The summed E-state index contributed by atoms with van der Waals surface area (Å²) in [5.41, 5.74) is 1.14. The van der Waals surface area contributed by atoms with Gasteiger partial charge in [0.2, 0.25) is 0 Å². The van der Waals surface area contributed by atoms with E-state index in [4.69, 9.17) is 22.6 Å². The third-order valence-electron chi connectivity index (χ3n) is 11.4. The van der Waals surface area contributed by atoms with Gasteiger partial charge in [0.1, 0.15) is 11.9 Å². The largest absolute Gasteiger partial charge is 0.461 e. The molecule has 0 fully saturated rings. The van der Waals surface area contributed by atoms with Gasteiger partial charge in [-0.1, -0.05) is 80.5 Å². The summed E-state index contributed by atoms with van der Waals surface area (Å²) in [6.07, 6.45) is 8.15. The van der Waals surface area contributed by atoms with Crippen LogP contribution in [0.5, 0.6) is 0 Å². The fourth-order valence-corrected chi connectivity index (χ4v) is 10.8. The van der Waals surface area contributed by atoms with E-state index in [0.29, 0.717) is 25.7 Å². The molecule has 49 heavy (non-hydrogen) atoms. The van der Waals surface area contributed by atoms with E-state index < -0.39 is 30.3 Å². The van der Waals surface area contributed by atoms with Crippen LogP contribution >= 0.6 is 7.60 Å². The van der Waals surface area contributed by atoms with Crippen molar-refractivity contribution in [3.8, 4) is 0 Å². The van der Waals surface area contributed by atoms with Crippen LogP contribution in [0.2, 0.25) is 36.3 Å². The summed E-state index contributed by atoms with van der Waals surface area (Å²) in [5.74, 6) is 0.00646. The number of esters is 1. The number of ketones is 1. The van der Waals surface area contributed by atoms with Gasteiger partial charge in [-0.2, -0.15) is 0 Å². The third-order valence-corrected chi connectivity index (χ3v) is 22.6. The summed E-state index contributed by atoms with van der Waals surface area (Å²) in [4.78, 5) is 27.1. The van der Waals surface area contributed by atoms with Crippen LogP contribution in [0.3, 0.4) is 0 Å². The van der Waals surface area contributed by atoms with Gasteiger partial charge in [-0.25, -0.2) is 0 Å². The number of hydrogen-bond donors (Lipinski definition) is 0. The van der Waals surface area contributed by atoms with Crippen molar-refractivity contribution >= 4 is 36.0 Å². The Morgan fingerprint density at radius 1 is 0.959 bits per heavy atom. The van der Waals surface area contributed by atoms with Gasteiger partial charge < -0.3 is 22.6 Å². The Morgan fingerprint density at radius 3 is 2.04 bits per heavy atom. The third kappa shape index (κ3) is 12.4. The Hall–Kier alpha value is -0.876. The highest BCUT2D eigenvalue weighted by atomic mass is 31.2. The Morgan fingerprint density at radius 2 is 1.53 bits per heavy atom. The summed E-state index contributed by atoms with van der Waals surface area (Å²) < 4.78 is 44.8. The molecule has 8 nitrogen and oxygen atoms in total. The maximum atomic E-state index is 13.8. The molecule has 0 bridgehead atoms. The average Bonchev–Trinajstić information content (AvgIpc) is 2.94. The molecule has 0 amide bonds. The van der Waals surface area contributed by atoms with E-state index in [-0.39, 0.29) is 83.5 Å². The Kier molecular flexibility index (Phi) is 16.1. The van der Waals surface area contributed by atoms with Crippen molar-refractivity contribution in [2.75, 3.05) is 19.4 Å². The first-order valence-electron chi connectivity index (χ1n) is 18.8. The van der Waals surface area contributed by atoms with Crippen molar-refractivity contribution in [1.82, 2.24) is 0 Å². The lowest BCUT2D eigenvalue weighted by Crippen LogP contribution is -2.48. The lowest BCUT2D eigenvalue weighted by Gasteiger charge is -2.46. The summed E-state index contributed by atoms with van der Waals surface area (Å²) >= 11 is 0. The van der Waals surface area contributed by atoms with Crippen molar-refractivity contribution in [2.45, 2.75) is 163 Å². The quantitative estimate of drug-likeness (QED) is 0.0778. The maximum absolute atomic E-state index is 13.8. The Balaban J connectivity index is 2.37. The van der Waals surface area contributed by atoms with Crippen molar-refractivity contribution in [1.29, 1.82) is 0 Å². The molecule has 0 heterocycles. The van der Waals surface area contributed by atoms with E-state index in [9.17, 15) is 14.2 Å². The van der Waals surface area contributed by atoms with E-state index in [1.165, 1.54) is 0 Å². The first kappa shape index (κ1) is 44.3. The van der Waals surface area contributed by atoms with Gasteiger partial charge in [0.05, 0.1) is 37.5 Å². The highest BCUT2D eigenvalue weighted by molar-refractivity contribution is 7.53. The van der Waals surface area contributed by atoms with Crippen molar-refractivity contribution in [3.63, 3.8) is 0 Å². The number of carbonyl (C=O) groups excluding carboxylic acids is 2. The van der Waals surface area contributed by atoms with Crippen LogP contribution in [0.1, 0.15) is 108 Å². The molecule has 0 aromatic carbocycles. The number of fused-ring (bicyclic) bond motifs is 1. The molecule has 2 aliphatic rings. The molecule has 7 atom stereocenters. The molecule has 0 N–H and O–H groups in total. The molecule has 2 aliphatic carbocycles. The minimum absolute atomic E-state index is 0.0181. The van der Waals surface area contributed by atoms with Crippen molar-refractivity contribution in [3.05, 3.63) is 23.8 Å². The van der Waals surface area contributed by atoms with Gasteiger partial charge in [-0.15, -0.1) is 0 Å². The molecule has 0 aromatic rings. The Bertz CT molecular complexity index is 1200. The molecule has 2 rings (SSSR count). The molecule has 11 heteroatoms. The zero-order chi connectivity index (χ0) is 37.6. The highest BCUT2D eigenvalue weighted by Crippen LogP contribution is 2.51. The molecule has 0 saturated heterocycles. The second-order valence-electron chi connectivity index (χ2n) is 17.4. The lowest BCUT2D eigenvalue weighted by molar-refractivity contribution is -0.159. The predicted octanol–water partition coefficient (Wildman–Crippen LogP) is 10.5. The van der Waals surface area contributed by atoms with Crippen LogP contribution in [0.15, 0.2) is 23.8 Å². The van der Waals surface area contributed by atoms with E-state index >= 15 is 0 Å². The van der Waals surface area contributed by atoms with Gasteiger partial charge >= 0.3 is 13.6 Å².